The molecule has 4 heteroatoms. The van der Waals surface area contributed by atoms with Gasteiger partial charge in [-0.3, -0.25) is 0 Å². The van der Waals surface area contributed by atoms with E-state index in [9.17, 15) is 8.78 Å². The first-order valence-electron chi connectivity index (χ1n) is 6.89. The Kier molecular flexibility index (Phi) is 4.96. The molecule has 0 aliphatic carbocycles. The van der Waals surface area contributed by atoms with E-state index < -0.39 is 11.9 Å². The van der Waals surface area contributed by atoms with Gasteiger partial charge >= 0.3 is 0 Å². The van der Waals surface area contributed by atoms with Gasteiger partial charge in [0, 0.05) is 11.1 Å². The third-order valence-electron chi connectivity index (χ3n) is 3.47. The van der Waals surface area contributed by atoms with Crippen molar-refractivity contribution in [3.63, 3.8) is 0 Å². The van der Waals surface area contributed by atoms with Gasteiger partial charge in [0.2, 0.25) is 0 Å². The smallest absolute Gasteiger partial charge is 0.146 e. The number of aryl methyl sites for hydroxylation is 2. The molecule has 0 aliphatic rings. The van der Waals surface area contributed by atoms with E-state index in [2.05, 4.69) is 5.32 Å². The van der Waals surface area contributed by atoms with Crippen LogP contribution < -0.4 is 5.32 Å². The van der Waals surface area contributed by atoms with Crippen LogP contribution in [0.2, 0.25) is 5.02 Å². The molecule has 112 valence electrons. The summed E-state index contributed by atoms with van der Waals surface area (Å²) in [6.07, 6.45) is 0. The molecule has 0 bridgehead atoms. The van der Waals surface area contributed by atoms with Crippen LogP contribution in [0.1, 0.15) is 35.2 Å². The average Bonchev–Trinajstić information content (AvgIpc) is 2.40. The Hall–Kier alpha value is -1.45. The van der Waals surface area contributed by atoms with E-state index >= 15 is 0 Å². The molecule has 1 nitrogen and oxygen atoms in total. The van der Waals surface area contributed by atoms with E-state index in [-0.39, 0.29) is 10.8 Å². The Morgan fingerprint density at radius 2 is 1.90 bits per heavy atom. The number of rotatable bonds is 4. The van der Waals surface area contributed by atoms with Crippen molar-refractivity contribution in [1.82, 2.24) is 5.32 Å². The van der Waals surface area contributed by atoms with E-state index in [0.29, 0.717) is 17.7 Å². The van der Waals surface area contributed by atoms with E-state index in [0.717, 1.165) is 11.1 Å². The molecule has 2 aromatic rings. The summed E-state index contributed by atoms with van der Waals surface area (Å²) in [7, 11) is 0. The van der Waals surface area contributed by atoms with E-state index in [1.165, 1.54) is 12.1 Å². The topological polar surface area (TPSA) is 12.0 Å². The molecule has 1 N–H and O–H groups in total. The summed E-state index contributed by atoms with van der Waals surface area (Å²) in [5.74, 6) is -0.845. The number of hydrogen-bond acceptors (Lipinski definition) is 1. The van der Waals surface area contributed by atoms with Gasteiger partial charge in [0.1, 0.15) is 11.6 Å². The minimum absolute atomic E-state index is 0.0422. The molecular weight excluding hydrogens is 292 g/mol. The van der Waals surface area contributed by atoms with E-state index in [4.69, 9.17) is 11.6 Å². The Bertz CT molecular complexity index is 632. The van der Waals surface area contributed by atoms with Crippen LogP contribution in [0.4, 0.5) is 8.78 Å². The molecule has 1 unspecified atom stereocenters. The van der Waals surface area contributed by atoms with Crippen LogP contribution in [0.15, 0.2) is 30.3 Å². The Balaban J connectivity index is 2.62. The zero-order valence-electron chi connectivity index (χ0n) is 12.3. The highest BCUT2D eigenvalue weighted by atomic mass is 35.5. The molecule has 0 saturated heterocycles. The van der Waals surface area contributed by atoms with Crippen LogP contribution in [-0.2, 0) is 0 Å². The van der Waals surface area contributed by atoms with Crippen LogP contribution in [0.5, 0.6) is 0 Å². The average molecular weight is 310 g/mol. The van der Waals surface area contributed by atoms with Crippen molar-refractivity contribution in [2.24, 2.45) is 0 Å². The van der Waals surface area contributed by atoms with Gasteiger partial charge in [0.25, 0.3) is 0 Å². The Labute approximate surface area is 128 Å². The summed E-state index contributed by atoms with van der Waals surface area (Å²) in [5, 5.41) is 3.19. The van der Waals surface area contributed by atoms with Crippen molar-refractivity contribution in [2.75, 3.05) is 6.54 Å². The maximum atomic E-state index is 14.4. The van der Waals surface area contributed by atoms with Crippen LogP contribution in [0.25, 0.3) is 0 Å². The van der Waals surface area contributed by atoms with Crippen molar-refractivity contribution in [2.45, 2.75) is 26.8 Å². The highest BCUT2D eigenvalue weighted by molar-refractivity contribution is 6.30. The van der Waals surface area contributed by atoms with Gasteiger partial charge in [-0.25, -0.2) is 8.78 Å². The van der Waals surface area contributed by atoms with Crippen LogP contribution >= 0.6 is 11.6 Å². The molecule has 2 aromatic carbocycles. The molecule has 0 aliphatic heterocycles. The zero-order valence-corrected chi connectivity index (χ0v) is 13.1. The maximum absolute atomic E-state index is 14.4. The predicted molar refractivity (Wildman–Crippen MR) is 82.8 cm³/mol. The number of benzene rings is 2. The van der Waals surface area contributed by atoms with Gasteiger partial charge in [-0.1, -0.05) is 36.7 Å². The molecule has 0 fully saturated rings. The van der Waals surface area contributed by atoms with Gasteiger partial charge in [0.05, 0.1) is 11.1 Å². The number of halogens is 3. The van der Waals surface area contributed by atoms with Gasteiger partial charge in [0.15, 0.2) is 0 Å². The van der Waals surface area contributed by atoms with Crippen LogP contribution in [0, 0.1) is 25.5 Å². The summed E-state index contributed by atoms with van der Waals surface area (Å²) < 4.78 is 28.7. The lowest BCUT2D eigenvalue weighted by Gasteiger charge is -2.22. The minimum atomic E-state index is -0.561. The summed E-state index contributed by atoms with van der Waals surface area (Å²) in [6.45, 7) is 6.15. The minimum Gasteiger partial charge on any atom is -0.306 e. The van der Waals surface area contributed by atoms with Gasteiger partial charge in [-0.05, 0) is 43.7 Å². The first-order valence-corrected chi connectivity index (χ1v) is 7.27. The standard InChI is InChI=1S/C17H18ClF2N/c1-4-21-17(12-6-5-7-13(18)16(12)20)15-11(3)8-10(2)9-14(15)19/h5-9,17,21H,4H2,1-3H3. The molecule has 2 rings (SSSR count). The fraction of sp³-hybridized carbons (Fsp3) is 0.294. The lowest BCUT2D eigenvalue weighted by atomic mass is 9.93. The van der Waals surface area contributed by atoms with Crippen molar-refractivity contribution in [1.29, 1.82) is 0 Å². The van der Waals surface area contributed by atoms with E-state index in [1.54, 1.807) is 12.1 Å². The van der Waals surface area contributed by atoms with Crippen LogP contribution in [-0.4, -0.2) is 6.54 Å². The number of nitrogens with one attached hydrogen (secondary N) is 1. The molecule has 0 amide bonds. The summed E-state index contributed by atoms with van der Waals surface area (Å²) in [6, 6.07) is 7.59. The largest absolute Gasteiger partial charge is 0.306 e. The fourth-order valence-electron chi connectivity index (χ4n) is 2.61. The van der Waals surface area contributed by atoms with Gasteiger partial charge in [-0.2, -0.15) is 0 Å². The highest BCUT2D eigenvalue weighted by Crippen LogP contribution is 2.32. The molecule has 0 aromatic heterocycles. The van der Waals surface area contributed by atoms with Crippen LogP contribution in [0.3, 0.4) is 0 Å². The molecule has 21 heavy (non-hydrogen) atoms. The number of hydrogen-bond donors (Lipinski definition) is 1. The Morgan fingerprint density at radius 3 is 2.52 bits per heavy atom. The highest BCUT2D eigenvalue weighted by Gasteiger charge is 2.23. The predicted octanol–water partition coefficient (Wildman–Crippen LogP) is 4.93. The first-order chi connectivity index (χ1) is 9.95. The molecule has 0 heterocycles. The molecule has 0 saturated carbocycles. The van der Waals surface area contributed by atoms with Crippen molar-refractivity contribution < 1.29 is 8.78 Å². The van der Waals surface area contributed by atoms with Gasteiger partial charge in [-0.15, -0.1) is 0 Å². The zero-order chi connectivity index (χ0) is 15.6. The van der Waals surface area contributed by atoms with Gasteiger partial charge < -0.3 is 5.32 Å². The SMILES string of the molecule is CCNC(c1cccc(Cl)c1F)c1c(C)cc(C)cc1F. The normalized spacial score (nSPS) is 12.5. The lowest BCUT2D eigenvalue weighted by molar-refractivity contribution is 0.528. The van der Waals surface area contributed by atoms with E-state index in [1.807, 2.05) is 26.8 Å². The third-order valence-corrected chi connectivity index (χ3v) is 3.76. The van der Waals surface area contributed by atoms with Crippen molar-refractivity contribution in [3.05, 3.63) is 69.2 Å². The monoisotopic (exact) mass is 309 g/mol. The van der Waals surface area contributed by atoms with Crippen molar-refractivity contribution in [3.8, 4) is 0 Å². The summed E-state index contributed by atoms with van der Waals surface area (Å²) in [5.41, 5.74) is 2.45. The molecule has 0 spiro atoms. The first kappa shape index (κ1) is 15.9. The molecule has 0 radical (unpaired) electrons. The third kappa shape index (κ3) is 3.25. The second-order valence-electron chi connectivity index (χ2n) is 5.11. The molecular formula is C17H18ClF2N. The van der Waals surface area contributed by atoms with Crippen molar-refractivity contribution >= 4 is 11.6 Å². The second-order valence-corrected chi connectivity index (χ2v) is 5.52. The Morgan fingerprint density at radius 1 is 1.19 bits per heavy atom. The lowest BCUT2D eigenvalue weighted by Crippen LogP contribution is -2.25. The molecule has 1 atom stereocenters. The summed E-state index contributed by atoms with van der Waals surface area (Å²) >= 11 is 5.85. The maximum Gasteiger partial charge on any atom is 0.146 e. The summed E-state index contributed by atoms with van der Waals surface area (Å²) in [4.78, 5) is 0. The second kappa shape index (κ2) is 6.54. The fourth-order valence-corrected chi connectivity index (χ4v) is 2.79. The quantitative estimate of drug-likeness (QED) is 0.844.